The minimum Gasteiger partial charge on any atom is -0.294 e. The highest BCUT2D eigenvalue weighted by Crippen LogP contribution is 2.29. The summed E-state index contributed by atoms with van der Waals surface area (Å²) in [6.45, 7) is 1.93. The average molecular weight is 324 g/mol. The number of rotatable bonds is 2. The third-order valence-corrected chi connectivity index (χ3v) is 4.03. The van der Waals surface area contributed by atoms with Gasteiger partial charge in [-0.25, -0.2) is 0 Å². The second-order valence-corrected chi connectivity index (χ2v) is 5.65. The molecule has 1 aromatic carbocycles. The van der Waals surface area contributed by atoms with Gasteiger partial charge in [0.05, 0.1) is 9.40 Å². The highest BCUT2D eigenvalue weighted by Gasteiger charge is 2.22. The van der Waals surface area contributed by atoms with Crippen molar-refractivity contribution in [1.29, 1.82) is 0 Å². The molecule has 1 saturated carbocycles. The molecule has 100 valence electrons. The van der Waals surface area contributed by atoms with E-state index in [0.29, 0.717) is 10.0 Å². The van der Waals surface area contributed by atoms with Crippen molar-refractivity contribution >= 4 is 33.5 Å². The minimum atomic E-state index is -0.433. The van der Waals surface area contributed by atoms with Crippen LogP contribution in [0.4, 0.5) is 5.69 Å². The van der Waals surface area contributed by atoms with E-state index >= 15 is 0 Å². The molecule has 0 aromatic heterocycles. The number of nitro groups is 1. The molecule has 1 aromatic rings. The van der Waals surface area contributed by atoms with Crippen LogP contribution < -0.4 is 0 Å². The molecule has 4 nitrogen and oxygen atoms in total. The normalized spacial score (nSPS) is 21.7. The largest absolute Gasteiger partial charge is 0.294 e. The van der Waals surface area contributed by atoms with Crippen LogP contribution in [0.25, 0.3) is 6.08 Å². The topological polar surface area (TPSA) is 60.2 Å². The SMILES string of the molecule is C[C@@H]1CCC/C(=C\c2ccc(Br)c([N+](=O)[O-])c2)C1=O. The van der Waals surface area contributed by atoms with Crippen LogP contribution >= 0.6 is 15.9 Å². The summed E-state index contributed by atoms with van der Waals surface area (Å²) >= 11 is 3.15. The first-order chi connectivity index (χ1) is 8.99. The molecular weight excluding hydrogens is 310 g/mol. The van der Waals surface area contributed by atoms with E-state index in [4.69, 9.17) is 0 Å². The lowest BCUT2D eigenvalue weighted by molar-refractivity contribution is -0.385. The van der Waals surface area contributed by atoms with Crippen molar-refractivity contribution in [2.75, 3.05) is 0 Å². The maximum absolute atomic E-state index is 12.0. The van der Waals surface area contributed by atoms with E-state index in [9.17, 15) is 14.9 Å². The fourth-order valence-electron chi connectivity index (χ4n) is 2.27. The van der Waals surface area contributed by atoms with Crippen molar-refractivity contribution in [2.45, 2.75) is 26.2 Å². The fourth-order valence-corrected chi connectivity index (χ4v) is 2.66. The number of ketones is 1. The van der Waals surface area contributed by atoms with Gasteiger partial charge >= 0.3 is 0 Å². The first-order valence-corrected chi connectivity index (χ1v) is 6.97. The summed E-state index contributed by atoms with van der Waals surface area (Å²) in [6, 6.07) is 4.90. The number of carbonyl (C=O) groups excluding carboxylic acids is 1. The maximum atomic E-state index is 12.0. The van der Waals surface area contributed by atoms with Gasteiger partial charge in [0, 0.05) is 12.0 Å². The molecule has 1 aliphatic carbocycles. The van der Waals surface area contributed by atoms with E-state index in [0.717, 1.165) is 24.8 Å². The molecule has 1 aliphatic rings. The zero-order chi connectivity index (χ0) is 14.0. The summed E-state index contributed by atoms with van der Waals surface area (Å²) in [5, 5.41) is 10.9. The molecule has 0 radical (unpaired) electrons. The van der Waals surface area contributed by atoms with Crippen LogP contribution in [0.2, 0.25) is 0 Å². The Kier molecular flexibility index (Phi) is 4.14. The third kappa shape index (κ3) is 3.10. The summed E-state index contributed by atoms with van der Waals surface area (Å²) in [7, 11) is 0. The van der Waals surface area contributed by atoms with Crippen LogP contribution in [0.1, 0.15) is 31.7 Å². The number of nitrogens with zero attached hydrogens (tertiary/aromatic N) is 1. The molecule has 0 bridgehead atoms. The molecule has 0 aliphatic heterocycles. The lowest BCUT2D eigenvalue weighted by Crippen LogP contribution is -2.18. The van der Waals surface area contributed by atoms with Gasteiger partial charge in [-0.2, -0.15) is 0 Å². The molecule has 0 spiro atoms. The Morgan fingerprint density at radius 3 is 2.89 bits per heavy atom. The lowest BCUT2D eigenvalue weighted by atomic mass is 9.84. The summed E-state index contributed by atoms with van der Waals surface area (Å²) in [4.78, 5) is 22.4. The van der Waals surface area contributed by atoms with Gasteiger partial charge in [0.1, 0.15) is 0 Å². The minimum absolute atomic E-state index is 0.0191. The standard InChI is InChI=1S/C14H14BrNO3/c1-9-3-2-4-11(14(9)17)7-10-5-6-12(15)13(8-10)16(18)19/h5-9H,2-4H2,1H3/b11-7+/t9-/m1/s1. The predicted molar refractivity (Wildman–Crippen MR) is 76.8 cm³/mol. The number of Topliss-reactive ketones (excluding diaryl/α,β-unsaturated/α-hetero) is 1. The second-order valence-electron chi connectivity index (χ2n) is 4.80. The quantitative estimate of drug-likeness (QED) is 0.467. The van der Waals surface area contributed by atoms with Gasteiger partial charge in [0.25, 0.3) is 5.69 Å². The number of benzene rings is 1. The molecule has 0 saturated heterocycles. The summed E-state index contributed by atoms with van der Waals surface area (Å²) < 4.78 is 0.447. The van der Waals surface area contributed by atoms with Crippen molar-refractivity contribution in [3.8, 4) is 0 Å². The molecule has 19 heavy (non-hydrogen) atoms. The second kappa shape index (κ2) is 5.65. The highest BCUT2D eigenvalue weighted by molar-refractivity contribution is 9.10. The predicted octanol–water partition coefficient (Wildman–Crippen LogP) is 4.13. The molecule has 0 amide bonds. The van der Waals surface area contributed by atoms with E-state index in [1.54, 1.807) is 18.2 Å². The maximum Gasteiger partial charge on any atom is 0.284 e. The summed E-state index contributed by atoms with van der Waals surface area (Å²) in [5.41, 5.74) is 1.49. The Hall–Kier alpha value is -1.49. The van der Waals surface area contributed by atoms with E-state index < -0.39 is 4.92 Å². The number of hydrogen-bond acceptors (Lipinski definition) is 3. The number of nitro benzene ring substituents is 1. The summed E-state index contributed by atoms with van der Waals surface area (Å²) in [6.07, 6.45) is 4.46. The highest BCUT2D eigenvalue weighted by atomic mass is 79.9. The molecule has 1 atom stereocenters. The fraction of sp³-hybridized carbons (Fsp3) is 0.357. The van der Waals surface area contributed by atoms with Crippen LogP contribution in [0.5, 0.6) is 0 Å². The molecular formula is C14H14BrNO3. The number of hydrogen-bond donors (Lipinski definition) is 0. The lowest BCUT2D eigenvalue weighted by Gasteiger charge is -2.19. The molecule has 2 rings (SSSR count). The molecule has 0 unspecified atom stereocenters. The van der Waals surface area contributed by atoms with Crippen LogP contribution in [-0.4, -0.2) is 10.7 Å². The van der Waals surface area contributed by atoms with E-state index in [2.05, 4.69) is 15.9 Å². The van der Waals surface area contributed by atoms with Gasteiger partial charge in [-0.05, 0) is 58.5 Å². The van der Waals surface area contributed by atoms with Crippen molar-refractivity contribution in [3.05, 3.63) is 43.9 Å². The van der Waals surface area contributed by atoms with E-state index in [-0.39, 0.29) is 17.4 Å². The van der Waals surface area contributed by atoms with Gasteiger partial charge in [0.2, 0.25) is 0 Å². The van der Waals surface area contributed by atoms with Crippen LogP contribution in [0.15, 0.2) is 28.2 Å². The van der Waals surface area contributed by atoms with Gasteiger partial charge < -0.3 is 0 Å². The van der Waals surface area contributed by atoms with Crippen molar-refractivity contribution in [3.63, 3.8) is 0 Å². The first-order valence-electron chi connectivity index (χ1n) is 6.18. The monoisotopic (exact) mass is 323 g/mol. The van der Waals surface area contributed by atoms with Crippen molar-refractivity contribution in [1.82, 2.24) is 0 Å². The van der Waals surface area contributed by atoms with Crippen LogP contribution in [-0.2, 0) is 4.79 Å². The molecule has 0 N–H and O–H groups in total. The Bertz CT molecular complexity index is 566. The number of allylic oxidation sites excluding steroid dienone is 1. The van der Waals surface area contributed by atoms with Gasteiger partial charge in [0.15, 0.2) is 5.78 Å². The van der Waals surface area contributed by atoms with Gasteiger partial charge in [-0.15, -0.1) is 0 Å². The summed E-state index contributed by atoms with van der Waals surface area (Å²) in [5.74, 6) is 0.224. The van der Waals surface area contributed by atoms with Gasteiger partial charge in [-0.1, -0.05) is 13.0 Å². The third-order valence-electron chi connectivity index (χ3n) is 3.36. The Balaban J connectivity index is 2.35. The van der Waals surface area contributed by atoms with Crippen molar-refractivity contribution in [2.24, 2.45) is 5.92 Å². The zero-order valence-corrected chi connectivity index (χ0v) is 12.1. The van der Waals surface area contributed by atoms with Crippen LogP contribution in [0, 0.1) is 16.0 Å². The molecule has 1 fully saturated rings. The Morgan fingerprint density at radius 2 is 2.21 bits per heavy atom. The van der Waals surface area contributed by atoms with E-state index in [1.807, 2.05) is 6.92 Å². The Morgan fingerprint density at radius 1 is 1.47 bits per heavy atom. The Labute approximate surface area is 119 Å². The van der Waals surface area contributed by atoms with E-state index in [1.165, 1.54) is 6.07 Å². The van der Waals surface area contributed by atoms with Crippen LogP contribution in [0.3, 0.4) is 0 Å². The molecule has 5 heteroatoms. The number of carbonyl (C=O) groups is 1. The zero-order valence-electron chi connectivity index (χ0n) is 10.6. The van der Waals surface area contributed by atoms with Crippen molar-refractivity contribution < 1.29 is 9.72 Å². The van der Waals surface area contributed by atoms with Gasteiger partial charge in [-0.3, -0.25) is 14.9 Å². The average Bonchev–Trinajstić information content (AvgIpc) is 2.37. The first kappa shape index (κ1) is 13.9. The molecule has 0 heterocycles. The smallest absolute Gasteiger partial charge is 0.284 e. The number of halogens is 1.